The Morgan fingerprint density at radius 1 is 1.34 bits per heavy atom. The maximum absolute atomic E-state index is 13.5. The van der Waals surface area contributed by atoms with Crippen LogP contribution in [0.1, 0.15) is 39.2 Å². The Morgan fingerprint density at radius 3 is 2.79 bits per heavy atom. The predicted octanol–water partition coefficient (Wildman–Crippen LogP) is 3.05. The molecule has 1 aliphatic rings. The number of hydrogen-bond donors (Lipinski definition) is 3. The van der Waals surface area contributed by atoms with E-state index in [1.165, 1.54) is 6.07 Å². The Hall–Kier alpha value is -2.57. The smallest absolute Gasteiger partial charge is 0.225 e. The number of nitrogens with one attached hydrogen (secondary N) is 3. The van der Waals surface area contributed by atoms with Crippen LogP contribution < -0.4 is 10.6 Å². The number of aliphatic imine (C=N–C) groups is 1. The minimum Gasteiger partial charge on any atom is -0.361 e. The van der Waals surface area contributed by atoms with E-state index in [1.54, 1.807) is 12.1 Å². The summed E-state index contributed by atoms with van der Waals surface area (Å²) in [4.78, 5) is 22.0. The van der Waals surface area contributed by atoms with Crippen molar-refractivity contribution >= 4 is 22.8 Å². The number of carbonyl (C=O) groups excluding carboxylic acids is 1. The number of aromatic nitrogens is 1. The fraction of sp³-hybridized carbons (Fsp3) is 0.545. The van der Waals surface area contributed by atoms with Crippen molar-refractivity contribution in [3.63, 3.8) is 0 Å². The molecular weight excluding hydrogens is 369 g/mol. The van der Waals surface area contributed by atoms with Gasteiger partial charge in [0.2, 0.25) is 5.91 Å². The Balaban J connectivity index is 1.55. The van der Waals surface area contributed by atoms with Gasteiger partial charge in [-0.1, -0.05) is 13.8 Å². The number of fused-ring (bicyclic) bond motifs is 1. The molecule has 7 heteroatoms. The first-order valence-electron chi connectivity index (χ1n) is 10.6. The molecule has 1 aromatic heterocycles. The molecule has 3 N–H and O–H groups in total. The van der Waals surface area contributed by atoms with Crippen LogP contribution in [0.5, 0.6) is 0 Å². The number of hydrogen-bond acceptors (Lipinski definition) is 2. The summed E-state index contributed by atoms with van der Waals surface area (Å²) in [6.45, 7) is 8.92. The lowest BCUT2D eigenvalue weighted by Gasteiger charge is -2.34. The summed E-state index contributed by atoms with van der Waals surface area (Å²) in [6, 6.07) is 5.11. The third-order valence-corrected chi connectivity index (χ3v) is 5.37. The van der Waals surface area contributed by atoms with E-state index in [-0.39, 0.29) is 17.6 Å². The van der Waals surface area contributed by atoms with E-state index in [1.807, 2.05) is 31.9 Å². The van der Waals surface area contributed by atoms with Crippen LogP contribution in [0.3, 0.4) is 0 Å². The second kappa shape index (κ2) is 9.76. The summed E-state index contributed by atoms with van der Waals surface area (Å²) in [7, 11) is 0. The van der Waals surface area contributed by atoms with E-state index in [0.29, 0.717) is 12.6 Å². The topological polar surface area (TPSA) is 72.5 Å². The molecule has 2 heterocycles. The number of carbonyl (C=O) groups is 1. The van der Waals surface area contributed by atoms with Crippen molar-refractivity contribution in [1.82, 2.24) is 20.5 Å². The maximum Gasteiger partial charge on any atom is 0.225 e. The van der Waals surface area contributed by atoms with Crippen LogP contribution in [0, 0.1) is 11.7 Å². The second-order valence-corrected chi connectivity index (χ2v) is 7.91. The molecule has 2 aromatic rings. The van der Waals surface area contributed by atoms with Gasteiger partial charge in [-0.05, 0) is 49.9 Å². The maximum atomic E-state index is 13.5. The second-order valence-electron chi connectivity index (χ2n) is 7.91. The van der Waals surface area contributed by atoms with Crippen LogP contribution in [0.25, 0.3) is 10.9 Å². The van der Waals surface area contributed by atoms with Gasteiger partial charge in [0, 0.05) is 55.2 Å². The van der Waals surface area contributed by atoms with Gasteiger partial charge >= 0.3 is 0 Å². The van der Waals surface area contributed by atoms with Gasteiger partial charge in [0.1, 0.15) is 5.82 Å². The van der Waals surface area contributed by atoms with Gasteiger partial charge in [-0.15, -0.1) is 0 Å². The molecule has 1 aromatic carbocycles. The first-order valence-corrected chi connectivity index (χ1v) is 10.6. The van der Waals surface area contributed by atoms with Gasteiger partial charge in [-0.3, -0.25) is 9.79 Å². The van der Waals surface area contributed by atoms with Crippen molar-refractivity contribution in [2.75, 3.05) is 26.2 Å². The molecule has 1 saturated heterocycles. The molecule has 0 bridgehead atoms. The monoisotopic (exact) mass is 401 g/mol. The van der Waals surface area contributed by atoms with Crippen LogP contribution >= 0.6 is 0 Å². The normalized spacial score (nSPS) is 15.9. The molecule has 1 aliphatic heterocycles. The summed E-state index contributed by atoms with van der Waals surface area (Å²) in [5, 5.41) is 7.72. The molecule has 158 valence electrons. The molecule has 6 nitrogen and oxygen atoms in total. The third kappa shape index (κ3) is 5.49. The number of benzene rings is 1. The molecule has 0 saturated carbocycles. The van der Waals surface area contributed by atoms with Gasteiger partial charge in [0.05, 0.1) is 0 Å². The average Bonchev–Trinajstić information content (AvgIpc) is 3.10. The van der Waals surface area contributed by atoms with Crippen molar-refractivity contribution in [1.29, 1.82) is 0 Å². The van der Waals surface area contributed by atoms with Gasteiger partial charge in [0.25, 0.3) is 0 Å². The molecule has 1 amide bonds. The number of likely N-dealkylation sites (tertiary alicyclic amines) is 1. The van der Waals surface area contributed by atoms with Crippen LogP contribution in [-0.4, -0.2) is 54.0 Å². The third-order valence-electron chi connectivity index (χ3n) is 5.37. The van der Waals surface area contributed by atoms with Crippen molar-refractivity contribution < 1.29 is 9.18 Å². The quantitative estimate of drug-likeness (QED) is 0.515. The van der Waals surface area contributed by atoms with Crippen LogP contribution in [0.2, 0.25) is 0 Å². The summed E-state index contributed by atoms with van der Waals surface area (Å²) >= 11 is 0. The molecular formula is C22H32FN5O. The summed E-state index contributed by atoms with van der Waals surface area (Å²) < 4.78 is 13.5. The van der Waals surface area contributed by atoms with Crippen LogP contribution in [0.15, 0.2) is 29.4 Å². The highest BCUT2D eigenvalue weighted by Crippen LogP contribution is 2.20. The summed E-state index contributed by atoms with van der Waals surface area (Å²) in [5.74, 6) is 0.863. The number of amides is 1. The predicted molar refractivity (Wildman–Crippen MR) is 116 cm³/mol. The van der Waals surface area contributed by atoms with Crippen molar-refractivity contribution in [3.8, 4) is 0 Å². The highest BCUT2D eigenvalue weighted by molar-refractivity contribution is 5.83. The van der Waals surface area contributed by atoms with E-state index in [0.717, 1.165) is 61.3 Å². The summed E-state index contributed by atoms with van der Waals surface area (Å²) in [5.41, 5.74) is 2.01. The Morgan fingerprint density at radius 2 is 2.10 bits per heavy atom. The average molecular weight is 402 g/mol. The Labute approximate surface area is 172 Å². The molecule has 3 rings (SSSR count). The zero-order valence-corrected chi connectivity index (χ0v) is 17.6. The molecule has 0 unspecified atom stereocenters. The zero-order chi connectivity index (χ0) is 20.8. The molecule has 0 atom stereocenters. The first kappa shape index (κ1) is 21.1. The zero-order valence-electron chi connectivity index (χ0n) is 17.6. The van der Waals surface area contributed by atoms with Gasteiger partial charge in [-0.25, -0.2) is 4.39 Å². The number of piperidine rings is 1. The number of guanidine groups is 1. The van der Waals surface area contributed by atoms with Crippen LogP contribution in [-0.2, 0) is 11.2 Å². The lowest BCUT2D eigenvalue weighted by molar-refractivity contribution is -0.135. The van der Waals surface area contributed by atoms with Gasteiger partial charge < -0.3 is 20.5 Å². The lowest BCUT2D eigenvalue weighted by atomic mass is 10.0. The SMILES string of the molecule is CCNC(=NCCc1c[nH]c2ccc(F)cc12)NC1CCN(C(=O)C(C)C)CC1. The Bertz CT molecular complexity index is 852. The largest absolute Gasteiger partial charge is 0.361 e. The molecule has 0 spiro atoms. The minimum atomic E-state index is -0.223. The lowest BCUT2D eigenvalue weighted by Crippen LogP contribution is -2.50. The molecule has 0 radical (unpaired) electrons. The standard InChI is InChI=1S/C22H32FN5O/c1-4-24-22(27-18-8-11-28(12-9-18)21(29)15(2)3)25-10-7-16-14-26-20-6-5-17(23)13-19(16)20/h5-6,13-15,18,26H,4,7-12H2,1-3H3,(H2,24,25,27). The van der Waals surface area contributed by atoms with E-state index < -0.39 is 0 Å². The van der Waals surface area contributed by atoms with Gasteiger partial charge in [-0.2, -0.15) is 0 Å². The van der Waals surface area contributed by atoms with Crippen LogP contribution in [0.4, 0.5) is 4.39 Å². The van der Waals surface area contributed by atoms with Gasteiger partial charge in [0.15, 0.2) is 5.96 Å². The highest BCUT2D eigenvalue weighted by atomic mass is 19.1. The number of H-pyrrole nitrogens is 1. The number of rotatable bonds is 6. The van der Waals surface area contributed by atoms with Crippen molar-refractivity contribution in [3.05, 3.63) is 35.8 Å². The Kier molecular flexibility index (Phi) is 7.12. The van der Waals surface area contributed by atoms with E-state index >= 15 is 0 Å². The fourth-order valence-corrected chi connectivity index (χ4v) is 3.77. The van der Waals surface area contributed by atoms with E-state index in [2.05, 4.69) is 15.6 Å². The first-order chi connectivity index (χ1) is 14.0. The van der Waals surface area contributed by atoms with Crippen molar-refractivity contribution in [2.45, 2.75) is 46.1 Å². The van der Waals surface area contributed by atoms with Crippen molar-refractivity contribution in [2.24, 2.45) is 10.9 Å². The molecule has 29 heavy (non-hydrogen) atoms. The number of halogens is 1. The molecule has 0 aliphatic carbocycles. The number of aromatic amines is 1. The molecule has 1 fully saturated rings. The van der Waals surface area contributed by atoms with E-state index in [9.17, 15) is 9.18 Å². The fourth-order valence-electron chi connectivity index (χ4n) is 3.77. The minimum absolute atomic E-state index is 0.0522. The van der Waals surface area contributed by atoms with E-state index in [4.69, 9.17) is 4.99 Å². The number of nitrogens with zero attached hydrogens (tertiary/aromatic N) is 2. The highest BCUT2D eigenvalue weighted by Gasteiger charge is 2.24. The summed E-state index contributed by atoms with van der Waals surface area (Å²) in [6.07, 6.45) is 4.51.